The summed E-state index contributed by atoms with van der Waals surface area (Å²) in [6.45, 7) is 0. The summed E-state index contributed by atoms with van der Waals surface area (Å²) < 4.78 is 8.43. The number of hydrogen-bond acceptors (Lipinski definition) is 6. The van der Waals surface area contributed by atoms with E-state index in [1.807, 2.05) is 40.8 Å². The fourth-order valence-electron chi connectivity index (χ4n) is 2.55. The molecule has 0 bridgehead atoms. The van der Waals surface area contributed by atoms with Gasteiger partial charge >= 0.3 is 0 Å². The van der Waals surface area contributed by atoms with Crippen molar-refractivity contribution in [2.24, 2.45) is 0 Å². The highest BCUT2D eigenvalue weighted by Crippen LogP contribution is 2.31. The molecular weight excluding hydrogens is 342 g/mol. The molecule has 0 aliphatic heterocycles. The van der Waals surface area contributed by atoms with Gasteiger partial charge in [0, 0.05) is 5.75 Å². The zero-order chi connectivity index (χ0) is 16.5. The summed E-state index contributed by atoms with van der Waals surface area (Å²) in [7, 11) is 1.62. The van der Waals surface area contributed by atoms with Crippen LogP contribution >= 0.6 is 23.1 Å². The maximum atomic E-state index is 10.4. The Morgan fingerprint density at radius 3 is 2.96 bits per heavy atom. The summed E-state index contributed by atoms with van der Waals surface area (Å²) in [5.74, 6) is 1.24. The van der Waals surface area contributed by atoms with E-state index in [9.17, 15) is 5.11 Å². The number of fused-ring (bicyclic) bond motifs is 3. The van der Waals surface area contributed by atoms with Gasteiger partial charge in [0.2, 0.25) is 4.96 Å². The number of para-hydroxylation sites is 1. The predicted octanol–water partition coefficient (Wildman–Crippen LogP) is 3.78. The molecule has 4 aromatic rings. The SMILES string of the molecule is COc1cccc(C(O)CSc2nnc3sc4ccccc4n23)c1. The van der Waals surface area contributed by atoms with Crippen LogP contribution in [0.3, 0.4) is 0 Å². The standard InChI is InChI=1S/C17H15N3O2S2/c1-22-12-6-4-5-11(9-12)14(21)10-23-16-18-19-17-20(16)13-7-2-3-8-15(13)24-17/h2-9,14,21H,10H2,1H3. The van der Waals surface area contributed by atoms with E-state index in [0.29, 0.717) is 5.75 Å². The number of thiazole rings is 1. The zero-order valence-corrected chi connectivity index (χ0v) is 14.5. The first-order valence-corrected chi connectivity index (χ1v) is 9.24. The fourth-order valence-corrected chi connectivity index (χ4v) is 4.48. The molecule has 1 unspecified atom stereocenters. The Kier molecular flexibility index (Phi) is 4.13. The van der Waals surface area contributed by atoms with Gasteiger partial charge in [-0.05, 0) is 29.8 Å². The largest absolute Gasteiger partial charge is 0.497 e. The normalized spacial score (nSPS) is 12.8. The van der Waals surface area contributed by atoms with Crippen LogP contribution < -0.4 is 4.74 Å². The Labute approximate surface area is 146 Å². The van der Waals surface area contributed by atoms with Gasteiger partial charge in [-0.2, -0.15) is 0 Å². The van der Waals surface area contributed by atoms with Crippen LogP contribution in [0.1, 0.15) is 11.7 Å². The number of aliphatic hydroxyl groups excluding tert-OH is 1. The molecule has 5 nitrogen and oxygen atoms in total. The molecule has 2 aromatic heterocycles. The van der Waals surface area contributed by atoms with Gasteiger partial charge in [0.05, 0.1) is 23.4 Å². The third-order valence-corrected chi connectivity index (χ3v) is 5.78. The highest BCUT2D eigenvalue weighted by atomic mass is 32.2. The zero-order valence-electron chi connectivity index (χ0n) is 12.9. The van der Waals surface area contributed by atoms with E-state index >= 15 is 0 Å². The van der Waals surface area contributed by atoms with Gasteiger partial charge in [-0.1, -0.05) is 47.4 Å². The molecule has 0 spiro atoms. The minimum Gasteiger partial charge on any atom is -0.497 e. The van der Waals surface area contributed by atoms with Crippen molar-refractivity contribution in [2.75, 3.05) is 12.9 Å². The summed E-state index contributed by atoms with van der Waals surface area (Å²) in [4.78, 5) is 0.870. The van der Waals surface area contributed by atoms with Crippen molar-refractivity contribution in [2.45, 2.75) is 11.3 Å². The molecule has 122 valence electrons. The smallest absolute Gasteiger partial charge is 0.217 e. The van der Waals surface area contributed by atoms with Crippen LogP contribution in [0.4, 0.5) is 0 Å². The summed E-state index contributed by atoms with van der Waals surface area (Å²) in [6, 6.07) is 15.7. The summed E-state index contributed by atoms with van der Waals surface area (Å²) in [5, 5.41) is 19.7. The number of methoxy groups -OCH3 is 1. The van der Waals surface area contributed by atoms with E-state index in [0.717, 1.165) is 26.9 Å². The van der Waals surface area contributed by atoms with Crippen LogP contribution in [-0.2, 0) is 0 Å². The van der Waals surface area contributed by atoms with E-state index in [4.69, 9.17) is 4.74 Å². The fraction of sp³-hybridized carbons (Fsp3) is 0.176. The minimum absolute atomic E-state index is 0.498. The summed E-state index contributed by atoms with van der Waals surface area (Å²) in [5.41, 5.74) is 1.93. The molecule has 0 saturated carbocycles. The van der Waals surface area contributed by atoms with Crippen molar-refractivity contribution < 1.29 is 9.84 Å². The second-order valence-corrected chi connectivity index (χ2v) is 7.27. The quantitative estimate of drug-likeness (QED) is 0.551. The number of aromatic nitrogens is 3. The van der Waals surface area contributed by atoms with Crippen molar-refractivity contribution in [1.29, 1.82) is 0 Å². The van der Waals surface area contributed by atoms with Gasteiger partial charge in [-0.25, -0.2) is 0 Å². The first-order chi connectivity index (χ1) is 11.8. The summed E-state index contributed by atoms with van der Waals surface area (Å²) in [6.07, 6.45) is -0.595. The maximum Gasteiger partial charge on any atom is 0.217 e. The molecule has 24 heavy (non-hydrogen) atoms. The molecule has 0 fully saturated rings. The molecule has 1 N–H and O–H groups in total. The molecule has 7 heteroatoms. The molecule has 2 heterocycles. The predicted molar refractivity (Wildman–Crippen MR) is 97.0 cm³/mol. The van der Waals surface area contributed by atoms with E-state index < -0.39 is 6.10 Å². The molecule has 0 amide bonds. The Bertz CT molecular complexity index is 996. The van der Waals surface area contributed by atoms with Crippen LogP contribution in [0.25, 0.3) is 15.2 Å². The van der Waals surface area contributed by atoms with E-state index in [1.165, 1.54) is 16.5 Å². The molecule has 0 aliphatic carbocycles. The van der Waals surface area contributed by atoms with E-state index in [1.54, 1.807) is 18.4 Å². The number of aliphatic hydroxyl groups is 1. The van der Waals surface area contributed by atoms with Crippen LogP contribution in [0.15, 0.2) is 53.7 Å². The minimum atomic E-state index is -0.595. The number of rotatable bonds is 5. The lowest BCUT2D eigenvalue weighted by Gasteiger charge is -2.11. The molecule has 2 aromatic carbocycles. The molecule has 1 atom stereocenters. The second-order valence-electron chi connectivity index (χ2n) is 5.27. The topological polar surface area (TPSA) is 59.7 Å². The number of nitrogens with zero attached hydrogens (tertiary/aromatic N) is 3. The van der Waals surface area contributed by atoms with Crippen molar-refractivity contribution in [3.63, 3.8) is 0 Å². The lowest BCUT2D eigenvalue weighted by Crippen LogP contribution is -2.01. The Hall–Kier alpha value is -2.09. The van der Waals surface area contributed by atoms with Gasteiger partial charge in [0.1, 0.15) is 5.75 Å². The van der Waals surface area contributed by atoms with Gasteiger partial charge < -0.3 is 9.84 Å². The van der Waals surface area contributed by atoms with Gasteiger partial charge in [0.25, 0.3) is 0 Å². The average molecular weight is 357 g/mol. The lowest BCUT2D eigenvalue weighted by molar-refractivity contribution is 0.203. The Morgan fingerprint density at radius 1 is 1.21 bits per heavy atom. The summed E-state index contributed by atoms with van der Waals surface area (Å²) >= 11 is 3.11. The maximum absolute atomic E-state index is 10.4. The van der Waals surface area contributed by atoms with E-state index in [-0.39, 0.29) is 0 Å². The highest BCUT2D eigenvalue weighted by Gasteiger charge is 2.15. The molecule has 0 aliphatic rings. The first kappa shape index (κ1) is 15.4. The van der Waals surface area contributed by atoms with Crippen LogP contribution in [0, 0.1) is 0 Å². The van der Waals surface area contributed by atoms with E-state index in [2.05, 4.69) is 22.3 Å². The van der Waals surface area contributed by atoms with Crippen LogP contribution in [-0.4, -0.2) is 32.6 Å². The van der Waals surface area contributed by atoms with Crippen LogP contribution in [0.2, 0.25) is 0 Å². The monoisotopic (exact) mass is 357 g/mol. The van der Waals surface area contributed by atoms with Crippen molar-refractivity contribution in [1.82, 2.24) is 14.6 Å². The van der Waals surface area contributed by atoms with Crippen molar-refractivity contribution in [3.05, 3.63) is 54.1 Å². The van der Waals surface area contributed by atoms with Gasteiger partial charge in [-0.15, -0.1) is 10.2 Å². The van der Waals surface area contributed by atoms with Crippen molar-refractivity contribution >= 4 is 38.3 Å². The number of benzene rings is 2. The number of ether oxygens (including phenoxy) is 1. The van der Waals surface area contributed by atoms with Gasteiger partial charge in [-0.3, -0.25) is 4.40 Å². The highest BCUT2D eigenvalue weighted by molar-refractivity contribution is 7.99. The molecular formula is C17H15N3O2S2. The Balaban J connectivity index is 1.58. The number of hydrogen-bond donors (Lipinski definition) is 1. The van der Waals surface area contributed by atoms with Gasteiger partial charge in [0.15, 0.2) is 5.16 Å². The molecule has 0 saturated heterocycles. The number of thioether (sulfide) groups is 1. The van der Waals surface area contributed by atoms with Crippen molar-refractivity contribution in [3.8, 4) is 5.75 Å². The van der Waals surface area contributed by atoms with Crippen LogP contribution in [0.5, 0.6) is 5.75 Å². The molecule has 0 radical (unpaired) electrons. The second kappa shape index (κ2) is 6.43. The third-order valence-electron chi connectivity index (χ3n) is 3.76. The molecule has 4 rings (SSSR count). The average Bonchev–Trinajstić information content (AvgIpc) is 3.19. The Morgan fingerprint density at radius 2 is 2.08 bits per heavy atom. The lowest BCUT2D eigenvalue weighted by atomic mass is 10.1. The first-order valence-electron chi connectivity index (χ1n) is 7.44. The third kappa shape index (κ3) is 2.75.